The highest BCUT2D eigenvalue weighted by Gasteiger charge is 2.11. The molecule has 7 heteroatoms. The van der Waals surface area contributed by atoms with Crippen molar-refractivity contribution in [2.45, 2.75) is 19.4 Å². The molecule has 1 fully saturated rings. The molecule has 0 bridgehead atoms. The summed E-state index contributed by atoms with van der Waals surface area (Å²) in [5, 5.41) is 3.98. The second-order valence-corrected chi connectivity index (χ2v) is 7.41. The van der Waals surface area contributed by atoms with Gasteiger partial charge in [0.2, 0.25) is 5.91 Å². The second kappa shape index (κ2) is 10.6. The van der Waals surface area contributed by atoms with Crippen LogP contribution in [0.3, 0.4) is 0 Å². The van der Waals surface area contributed by atoms with Crippen LogP contribution >= 0.6 is 23.2 Å². The van der Waals surface area contributed by atoms with Gasteiger partial charge >= 0.3 is 0 Å². The molecule has 28 heavy (non-hydrogen) atoms. The number of rotatable bonds is 8. The highest BCUT2D eigenvalue weighted by Crippen LogP contribution is 2.27. The highest BCUT2D eigenvalue weighted by molar-refractivity contribution is 6.35. The molecule has 0 saturated carbocycles. The molecular weight excluding hydrogens is 399 g/mol. The number of hydrogen-bond acceptors (Lipinski definition) is 4. The molecule has 150 valence electrons. The average Bonchev–Trinajstić information content (AvgIpc) is 2.72. The Morgan fingerprint density at radius 2 is 1.86 bits per heavy atom. The largest absolute Gasteiger partial charge is 0.492 e. The van der Waals surface area contributed by atoms with Gasteiger partial charge in [0.05, 0.1) is 24.8 Å². The summed E-state index contributed by atoms with van der Waals surface area (Å²) < 4.78 is 11.0. The Labute approximate surface area is 175 Å². The minimum absolute atomic E-state index is 0.00283. The van der Waals surface area contributed by atoms with Crippen LogP contribution in [0.1, 0.15) is 18.4 Å². The number of ether oxygens (including phenoxy) is 2. The van der Waals surface area contributed by atoms with Crippen LogP contribution < -0.4 is 15.0 Å². The van der Waals surface area contributed by atoms with Gasteiger partial charge in [0.15, 0.2) is 0 Å². The summed E-state index contributed by atoms with van der Waals surface area (Å²) in [5.41, 5.74) is 2.27. The van der Waals surface area contributed by atoms with E-state index in [1.54, 1.807) is 18.2 Å². The van der Waals surface area contributed by atoms with Crippen LogP contribution in [-0.2, 0) is 16.1 Å². The van der Waals surface area contributed by atoms with E-state index in [0.717, 1.165) is 31.9 Å². The summed E-state index contributed by atoms with van der Waals surface area (Å²) >= 11 is 11.9. The van der Waals surface area contributed by atoms with Gasteiger partial charge in [-0.3, -0.25) is 4.79 Å². The normalized spacial score (nSPS) is 14.0. The first-order chi connectivity index (χ1) is 13.6. The van der Waals surface area contributed by atoms with E-state index in [0.29, 0.717) is 41.8 Å². The van der Waals surface area contributed by atoms with Crippen molar-refractivity contribution in [1.82, 2.24) is 5.32 Å². The molecule has 0 spiro atoms. The lowest BCUT2D eigenvalue weighted by Crippen LogP contribution is -2.36. The minimum atomic E-state index is 0.00283. The average molecular weight is 423 g/mol. The highest BCUT2D eigenvalue weighted by atomic mass is 35.5. The van der Waals surface area contributed by atoms with E-state index in [2.05, 4.69) is 34.5 Å². The van der Waals surface area contributed by atoms with Crippen LogP contribution in [0.5, 0.6) is 5.75 Å². The predicted molar refractivity (Wildman–Crippen MR) is 113 cm³/mol. The second-order valence-electron chi connectivity index (χ2n) is 6.57. The Kier molecular flexibility index (Phi) is 7.83. The van der Waals surface area contributed by atoms with Crippen molar-refractivity contribution >= 4 is 34.8 Å². The monoisotopic (exact) mass is 422 g/mol. The molecule has 2 aromatic rings. The molecule has 0 radical (unpaired) electrons. The van der Waals surface area contributed by atoms with Crippen molar-refractivity contribution in [1.29, 1.82) is 0 Å². The van der Waals surface area contributed by atoms with E-state index in [1.807, 2.05) is 0 Å². The number of hydrogen-bond donors (Lipinski definition) is 1. The van der Waals surface area contributed by atoms with Crippen molar-refractivity contribution in [2.24, 2.45) is 0 Å². The zero-order valence-electron chi connectivity index (χ0n) is 15.6. The molecule has 2 aromatic carbocycles. The fourth-order valence-electron chi connectivity index (χ4n) is 2.94. The number of carbonyl (C=O) groups excluding carboxylic acids is 1. The molecule has 1 amide bonds. The van der Waals surface area contributed by atoms with Gasteiger partial charge < -0.3 is 19.7 Å². The summed E-state index contributed by atoms with van der Waals surface area (Å²) in [7, 11) is 0. The first kappa shape index (κ1) is 20.8. The number of nitrogens with one attached hydrogen (secondary N) is 1. The maximum Gasteiger partial charge on any atom is 0.220 e. The van der Waals surface area contributed by atoms with E-state index in [9.17, 15) is 4.79 Å². The van der Waals surface area contributed by atoms with Gasteiger partial charge in [0, 0.05) is 36.8 Å². The van der Waals surface area contributed by atoms with Crippen LogP contribution in [0.25, 0.3) is 0 Å². The Morgan fingerprint density at radius 1 is 1.11 bits per heavy atom. The van der Waals surface area contributed by atoms with Crippen LogP contribution in [0, 0.1) is 0 Å². The summed E-state index contributed by atoms with van der Waals surface area (Å²) in [6.45, 7) is 4.31. The van der Waals surface area contributed by atoms with Gasteiger partial charge in [0.1, 0.15) is 5.75 Å². The molecule has 1 saturated heterocycles. The van der Waals surface area contributed by atoms with Crippen LogP contribution in [0.4, 0.5) is 5.69 Å². The third-order valence-electron chi connectivity index (χ3n) is 4.50. The molecule has 1 heterocycles. The standard InChI is InChI=1S/C21H24Cl2N2O3/c22-17-5-8-20(19(23)14-17)28-11-1-2-21(26)24-15-16-3-6-18(7-4-16)25-9-12-27-13-10-25/h3-8,14H,1-2,9-13,15H2,(H,24,26). The number of anilines is 1. The quantitative estimate of drug-likeness (QED) is 0.644. The maximum atomic E-state index is 12.0. The van der Waals surface area contributed by atoms with Crippen molar-refractivity contribution in [3.8, 4) is 5.75 Å². The molecule has 0 aromatic heterocycles. The van der Waals surface area contributed by atoms with Crippen LogP contribution in [-0.4, -0.2) is 38.8 Å². The minimum Gasteiger partial charge on any atom is -0.492 e. The van der Waals surface area contributed by atoms with E-state index < -0.39 is 0 Å². The maximum absolute atomic E-state index is 12.0. The number of benzene rings is 2. The van der Waals surface area contributed by atoms with Crippen molar-refractivity contribution in [2.75, 3.05) is 37.8 Å². The number of carbonyl (C=O) groups is 1. The first-order valence-electron chi connectivity index (χ1n) is 9.38. The molecular formula is C21H24Cl2N2O3. The topological polar surface area (TPSA) is 50.8 Å². The zero-order valence-corrected chi connectivity index (χ0v) is 17.1. The predicted octanol–water partition coefficient (Wildman–Crippen LogP) is 4.31. The summed E-state index contributed by atoms with van der Waals surface area (Å²) in [6, 6.07) is 13.4. The number of halogens is 2. The van der Waals surface area contributed by atoms with Crippen LogP contribution in [0.2, 0.25) is 10.0 Å². The summed E-state index contributed by atoms with van der Waals surface area (Å²) in [5.74, 6) is 0.579. The Balaban J connectivity index is 1.34. The van der Waals surface area contributed by atoms with Crippen LogP contribution in [0.15, 0.2) is 42.5 Å². The molecule has 1 aliphatic rings. The fourth-order valence-corrected chi connectivity index (χ4v) is 3.41. The molecule has 0 aliphatic carbocycles. The zero-order chi connectivity index (χ0) is 19.8. The molecule has 1 N–H and O–H groups in total. The van der Waals surface area contributed by atoms with E-state index in [-0.39, 0.29) is 5.91 Å². The lowest BCUT2D eigenvalue weighted by atomic mass is 10.2. The Bertz CT molecular complexity index is 778. The van der Waals surface area contributed by atoms with Gasteiger partial charge in [-0.15, -0.1) is 0 Å². The lowest BCUT2D eigenvalue weighted by Gasteiger charge is -2.28. The molecule has 1 aliphatic heterocycles. The third kappa shape index (κ3) is 6.30. The van der Waals surface area contributed by atoms with E-state index >= 15 is 0 Å². The molecule has 0 atom stereocenters. The van der Waals surface area contributed by atoms with Crippen molar-refractivity contribution in [3.63, 3.8) is 0 Å². The van der Waals surface area contributed by atoms with Gasteiger partial charge in [-0.05, 0) is 42.3 Å². The fraction of sp³-hybridized carbons (Fsp3) is 0.381. The molecule has 3 rings (SSSR count). The Morgan fingerprint density at radius 3 is 2.57 bits per heavy atom. The third-order valence-corrected chi connectivity index (χ3v) is 5.03. The summed E-state index contributed by atoms with van der Waals surface area (Å²) in [6.07, 6.45) is 1.01. The number of morpholine rings is 1. The summed E-state index contributed by atoms with van der Waals surface area (Å²) in [4.78, 5) is 14.3. The lowest BCUT2D eigenvalue weighted by molar-refractivity contribution is -0.121. The SMILES string of the molecule is O=C(CCCOc1ccc(Cl)cc1Cl)NCc1ccc(N2CCOCC2)cc1. The van der Waals surface area contributed by atoms with Gasteiger partial charge in [-0.1, -0.05) is 35.3 Å². The van der Waals surface area contributed by atoms with E-state index in [4.69, 9.17) is 32.7 Å². The van der Waals surface area contributed by atoms with Crippen molar-refractivity contribution < 1.29 is 14.3 Å². The first-order valence-corrected chi connectivity index (χ1v) is 10.1. The van der Waals surface area contributed by atoms with Crippen molar-refractivity contribution in [3.05, 3.63) is 58.1 Å². The van der Waals surface area contributed by atoms with E-state index in [1.165, 1.54) is 5.69 Å². The van der Waals surface area contributed by atoms with Gasteiger partial charge in [-0.25, -0.2) is 0 Å². The molecule has 0 unspecified atom stereocenters. The number of nitrogens with zero attached hydrogens (tertiary/aromatic N) is 1. The smallest absolute Gasteiger partial charge is 0.220 e. The van der Waals surface area contributed by atoms with Gasteiger partial charge in [-0.2, -0.15) is 0 Å². The Hall–Kier alpha value is -1.95. The van der Waals surface area contributed by atoms with Gasteiger partial charge in [0.25, 0.3) is 0 Å². The number of amides is 1. The molecule has 5 nitrogen and oxygen atoms in total.